The minimum atomic E-state index is -0.372. The average molecular weight is 408 g/mol. The first-order valence-corrected chi connectivity index (χ1v) is 9.70. The molecule has 0 saturated heterocycles. The summed E-state index contributed by atoms with van der Waals surface area (Å²) in [4.78, 5) is 24.8. The van der Waals surface area contributed by atoms with Crippen molar-refractivity contribution in [3.05, 3.63) is 45.6 Å². The van der Waals surface area contributed by atoms with E-state index in [4.69, 9.17) is 4.74 Å². The molecule has 1 saturated carbocycles. The van der Waals surface area contributed by atoms with Gasteiger partial charge in [-0.1, -0.05) is 47.8 Å². The lowest BCUT2D eigenvalue weighted by atomic mass is 9.84. The first kappa shape index (κ1) is 19.7. The van der Waals surface area contributed by atoms with Gasteiger partial charge in [-0.3, -0.25) is 4.79 Å². The smallest absolute Gasteiger partial charge is 0.335 e. The van der Waals surface area contributed by atoms with E-state index in [9.17, 15) is 9.59 Å². The Morgan fingerprint density at radius 3 is 2.44 bits per heavy atom. The Kier molecular flexibility index (Phi) is 7.69. The Bertz CT molecular complexity index is 633. The number of benzene rings is 1. The van der Waals surface area contributed by atoms with Crippen LogP contribution < -0.4 is 5.32 Å². The fraction of sp³-hybridized carbons (Fsp3) is 0.500. The third-order valence-corrected chi connectivity index (χ3v) is 5.15. The monoisotopic (exact) mass is 407 g/mol. The zero-order chi connectivity index (χ0) is 18.2. The number of amides is 1. The average Bonchev–Trinajstić information content (AvgIpc) is 2.56. The van der Waals surface area contributed by atoms with Gasteiger partial charge in [0.05, 0.1) is 12.7 Å². The predicted molar refractivity (Wildman–Crippen MR) is 102 cm³/mol. The van der Waals surface area contributed by atoms with E-state index in [1.807, 2.05) is 24.3 Å². The van der Waals surface area contributed by atoms with Crippen LogP contribution in [-0.4, -0.2) is 19.0 Å². The van der Waals surface area contributed by atoms with Gasteiger partial charge in [-0.25, -0.2) is 4.79 Å². The van der Waals surface area contributed by atoms with E-state index in [-0.39, 0.29) is 17.8 Å². The first-order valence-electron chi connectivity index (χ1n) is 8.90. The number of esters is 1. The Labute approximate surface area is 158 Å². The Morgan fingerprint density at radius 1 is 1.24 bits per heavy atom. The van der Waals surface area contributed by atoms with E-state index in [0.29, 0.717) is 24.1 Å². The summed E-state index contributed by atoms with van der Waals surface area (Å²) < 4.78 is 5.98. The predicted octanol–water partition coefficient (Wildman–Crippen LogP) is 4.53. The van der Waals surface area contributed by atoms with Gasteiger partial charge >= 0.3 is 5.97 Å². The molecule has 2 rings (SSSR count). The van der Waals surface area contributed by atoms with Crippen molar-refractivity contribution in [2.45, 2.75) is 51.9 Å². The van der Waals surface area contributed by atoms with Crippen LogP contribution in [0.25, 0.3) is 0 Å². The van der Waals surface area contributed by atoms with Gasteiger partial charge in [0.25, 0.3) is 0 Å². The van der Waals surface area contributed by atoms with Crippen LogP contribution in [0.4, 0.5) is 0 Å². The van der Waals surface area contributed by atoms with Crippen LogP contribution >= 0.6 is 15.9 Å². The molecule has 5 heteroatoms. The van der Waals surface area contributed by atoms with Gasteiger partial charge in [-0.2, -0.15) is 0 Å². The fourth-order valence-electron chi connectivity index (χ4n) is 2.80. The highest BCUT2D eigenvalue weighted by molar-refractivity contribution is 9.10. The van der Waals surface area contributed by atoms with E-state index < -0.39 is 0 Å². The zero-order valence-electron chi connectivity index (χ0n) is 14.9. The van der Waals surface area contributed by atoms with E-state index >= 15 is 0 Å². The van der Waals surface area contributed by atoms with Crippen molar-refractivity contribution >= 4 is 27.8 Å². The number of ether oxygens (including phenoxy) is 1. The van der Waals surface area contributed by atoms with Gasteiger partial charge in [0, 0.05) is 22.5 Å². The Hall–Kier alpha value is -1.62. The van der Waals surface area contributed by atoms with Crippen molar-refractivity contribution in [3.8, 4) is 0 Å². The number of unbranched alkanes of at least 4 members (excludes halogenated alkanes) is 1. The maximum absolute atomic E-state index is 12.4. The van der Waals surface area contributed by atoms with Crippen molar-refractivity contribution in [1.29, 1.82) is 0 Å². The Morgan fingerprint density at radius 2 is 1.92 bits per heavy atom. The van der Waals surface area contributed by atoms with Gasteiger partial charge in [0.1, 0.15) is 0 Å². The molecule has 25 heavy (non-hydrogen) atoms. The molecule has 0 atom stereocenters. The van der Waals surface area contributed by atoms with Crippen molar-refractivity contribution in [2.24, 2.45) is 5.92 Å². The quantitative estimate of drug-likeness (QED) is 0.508. The zero-order valence-corrected chi connectivity index (χ0v) is 16.5. The molecule has 0 radical (unpaired) electrons. The van der Waals surface area contributed by atoms with Crippen LogP contribution in [0.15, 0.2) is 40.0 Å². The summed E-state index contributed by atoms with van der Waals surface area (Å²) in [6.45, 7) is 2.10. The lowest BCUT2D eigenvalue weighted by molar-refractivity contribution is -0.136. The fourth-order valence-corrected chi connectivity index (χ4v) is 3.06. The van der Waals surface area contributed by atoms with Crippen molar-refractivity contribution in [3.63, 3.8) is 0 Å². The molecule has 1 aromatic rings. The number of carbonyl (C=O) groups is 2. The third kappa shape index (κ3) is 5.70. The van der Waals surface area contributed by atoms with Crippen LogP contribution in [0.3, 0.4) is 0 Å². The SMILES string of the molecule is CCCC/C(NC(=O)C1CCC1)=C(\Cc1ccc(Br)cc1)C(=O)OC. The van der Waals surface area contributed by atoms with Crippen molar-refractivity contribution in [2.75, 3.05) is 7.11 Å². The second-order valence-corrected chi connectivity index (χ2v) is 7.39. The third-order valence-electron chi connectivity index (χ3n) is 4.62. The number of methoxy groups -OCH3 is 1. The second kappa shape index (κ2) is 9.76. The molecule has 0 aliphatic heterocycles. The molecule has 1 N–H and O–H groups in total. The maximum atomic E-state index is 12.4. The Balaban J connectivity index is 2.27. The summed E-state index contributed by atoms with van der Waals surface area (Å²) in [7, 11) is 1.38. The van der Waals surface area contributed by atoms with Gasteiger partial charge in [0.15, 0.2) is 0 Å². The highest BCUT2D eigenvalue weighted by Gasteiger charge is 2.27. The molecule has 0 unspecified atom stereocenters. The van der Waals surface area contributed by atoms with E-state index in [2.05, 4.69) is 28.2 Å². The number of hydrogen-bond donors (Lipinski definition) is 1. The molecule has 0 spiro atoms. The molecule has 0 bridgehead atoms. The molecule has 1 amide bonds. The molecule has 0 aromatic heterocycles. The molecule has 0 heterocycles. The highest BCUT2D eigenvalue weighted by atomic mass is 79.9. The van der Waals surface area contributed by atoms with Crippen LogP contribution in [0.2, 0.25) is 0 Å². The molecule has 136 valence electrons. The summed E-state index contributed by atoms with van der Waals surface area (Å²) in [6, 6.07) is 7.84. The molecule has 1 fully saturated rings. The molecular formula is C20H26BrNO3. The largest absolute Gasteiger partial charge is 0.466 e. The second-order valence-electron chi connectivity index (χ2n) is 6.47. The lowest BCUT2D eigenvalue weighted by Crippen LogP contribution is -2.35. The van der Waals surface area contributed by atoms with Gasteiger partial charge in [-0.15, -0.1) is 0 Å². The highest BCUT2D eigenvalue weighted by Crippen LogP contribution is 2.27. The number of halogens is 1. The lowest BCUT2D eigenvalue weighted by Gasteiger charge is -2.25. The summed E-state index contributed by atoms with van der Waals surface area (Å²) >= 11 is 3.42. The minimum absolute atomic E-state index is 0.0366. The summed E-state index contributed by atoms with van der Waals surface area (Å²) in [5.41, 5.74) is 2.27. The van der Waals surface area contributed by atoms with Crippen LogP contribution in [0.5, 0.6) is 0 Å². The summed E-state index contributed by atoms with van der Waals surface area (Å²) in [5.74, 6) is -0.249. The number of allylic oxidation sites excluding steroid dienone is 1. The van der Waals surface area contributed by atoms with E-state index in [0.717, 1.165) is 42.1 Å². The maximum Gasteiger partial charge on any atom is 0.335 e. The van der Waals surface area contributed by atoms with E-state index in [1.165, 1.54) is 7.11 Å². The normalized spacial score (nSPS) is 15.2. The summed E-state index contributed by atoms with van der Waals surface area (Å²) in [5, 5.41) is 3.03. The summed E-state index contributed by atoms with van der Waals surface area (Å²) in [6.07, 6.45) is 6.02. The van der Waals surface area contributed by atoms with Crippen molar-refractivity contribution in [1.82, 2.24) is 5.32 Å². The molecule has 1 aromatic carbocycles. The topological polar surface area (TPSA) is 55.4 Å². The molecule has 4 nitrogen and oxygen atoms in total. The number of hydrogen-bond acceptors (Lipinski definition) is 3. The van der Waals surface area contributed by atoms with Crippen LogP contribution in [-0.2, 0) is 20.7 Å². The van der Waals surface area contributed by atoms with Crippen LogP contribution in [0, 0.1) is 5.92 Å². The van der Waals surface area contributed by atoms with Crippen molar-refractivity contribution < 1.29 is 14.3 Å². The number of rotatable bonds is 8. The number of nitrogens with one attached hydrogen (secondary N) is 1. The standard InChI is InChI=1S/C20H26BrNO3/c1-3-4-8-18(22-19(23)15-6-5-7-15)17(20(24)25-2)13-14-9-11-16(21)12-10-14/h9-12,15H,3-8,13H2,1-2H3,(H,22,23)/b18-17-. The van der Waals surface area contributed by atoms with Crippen LogP contribution in [0.1, 0.15) is 51.0 Å². The minimum Gasteiger partial charge on any atom is -0.466 e. The molecule has 1 aliphatic rings. The molecular weight excluding hydrogens is 382 g/mol. The van der Waals surface area contributed by atoms with Gasteiger partial charge in [0.2, 0.25) is 5.91 Å². The number of carbonyl (C=O) groups excluding carboxylic acids is 2. The van der Waals surface area contributed by atoms with Gasteiger partial charge in [-0.05, 0) is 43.4 Å². The first-order chi connectivity index (χ1) is 12.0. The molecule has 1 aliphatic carbocycles. The van der Waals surface area contributed by atoms with Gasteiger partial charge < -0.3 is 10.1 Å². The van der Waals surface area contributed by atoms with E-state index in [1.54, 1.807) is 0 Å².